The maximum absolute atomic E-state index is 12.4. The smallest absolute Gasteiger partial charge is 0.452 e. The number of halogens is 3. The fraction of sp³-hybridized carbons (Fsp3) is 0.444. The number of rotatable bonds is 3. The summed E-state index contributed by atoms with van der Waals surface area (Å²) in [6.45, 7) is 0.740. The Hall–Kier alpha value is -2.24. The molecule has 1 saturated heterocycles. The van der Waals surface area contributed by atoms with Gasteiger partial charge in [-0.15, -0.1) is 5.10 Å². The van der Waals surface area contributed by atoms with Gasteiger partial charge < -0.3 is 10.0 Å². The SMILES string of the molecule is O=C(O)c1cn(C2CN(c3nc(C(F)(F)F)ns3)C2)nn1. The first-order valence-electron chi connectivity index (χ1n) is 5.65. The summed E-state index contributed by atoms with van der Waals surface area (Å²) < 4.78 is 41.8. The number of aromatic carboxylic acids is 1. The summed E-state index contributed by atoms with van der Waals surface area (Å²) in [6, 6.07) is -0.149. The molecule has 0 spiro atoms. The zero-order valence-electron chi connectivity index (χ0n) is 10.1. The molecule has 0 unspecified atom stereocenters. The molecule has 0 saturated carbocycles. The highest BCUT2D eigenvalue weighted by Gasteiger charge is 2.38. The second-order valence-electron chi connectivity index (χ2n) is 4.35. The lowest BCUT2D eigenvalue weighted by Gasteiger charge is -2.38. The van der Waals surface area contributed by atoms with E-state index in [1.807, 2.05) is 0 Å². The average Bonchev–Trinajstić information content (AvgIpc) is 2.94. The van der Waals surface area contributed by atoms with E-state index in [9.17, 15) is 18.0 Å². The summed E-state index contributed by atoms with van der Waals surface area (Å²) in [7, 11) is 0. The molecule has 2 aromatic heterocycles. The number of hydrogen-bond acceptors (Lipinski definition) is 7. The zero-order chi connectivity index (χ0) is 15.2. The minimum Gasteiger partial charge on any atom is -0.476 e. The summed E-state index contributed by atoms with van der Waals surface area (Å²) in [6.07, 6.45) is -3.27. The van der Waals surface area contributed by atoms with Crippen LogP contribution >= 0.6 is 11.5 Å². The first kappa shape index (κ1) is 13.7. The standard InChI is InChI=1S/C9H7F3N6O2S/c10-9(11,12)7-13-8(21-15-7)17-1-4(2-17)18-3-5(6(19)20)14-16-18/h3-4H,1-2H2,(H,19,20). The van der Waals surface area contributed by atoms with Crippen molar-refractivity contribution >= 4 is 22.6 Å². The molecule has 2 aromatic rings. The van der Waals surface area contributed by atoms with Crippen LogP contribution in [0.2, 0.25) is 0 Å². The fourth-order valence-corrected chi connectivity index (χ4v) is 2.50. The van der Waals surface area contributed by atoms with E-state index in [0.717, 1.165) is 0 Å². The van der Waals surface area contributed by atoms with Gasteiger partial charge in [0.05, 0.1) is 12.2 Å². The zero-order valence-corrected chi connectivity index (χ0v) is 11.0. The summed E-state index contributed by atoms with van der Waals surface area (Å²) in [5.41, 5.74) is -0.177. The van der Waals surface area contributed by atoms with E-state index in [-0.39, 0.29) is 16.9 Å². The fourth-order valence-electron chi connectivity index (χ4n) is 1.79. The van der Waals surface area contributed by atoms with Crippen molar-refractivity contribution in [2.75, 3.05) is 18.0 Å². The lowest BCUT2D eigenvalue weighted by atomic mass is 10.1. The molecule has 0 atom stereocenters. The molecule has 12 heteroatoms. The first-order chi connectivity index (χ1) is 9.84. The molecule has 0 radical (unpaired) electrons. The van der Waals surface area contributed by atoms with E-state index in [4.69, 9.17) is 5.11 Å². The minimum absolute atomic E-state index is 0.149. The van der Waals surface area contributed by atoms with Crippen molar-refractivity contribution in [2.24, 2.45) is 0 Å². The van der Waals surface area contributed by atoms with Crippen LogP contribution in [0.15, 0.2) is 6.20 Å². The molecule has 0 aliphatic carbocycles. The van der Waals surface area contributed by atoms with Crippen LogP contribution in [0.25, 0.3) is 0 Å². The Balaban J connectivity index is 1.65. The number of alkyl halides is 3. The predicted molar refractivity (Wildman–Crippen MR) is 63.1 cm³/mol. The van der Waals surface area contributed by atoms with E-state index in [0.29, 0.717) is 24.6 Å². The van der Waals surface area contributed by atoms with E-state index in [1.54, 1.807) is 4.90 Å². The van der Waals surface area contributed by atoms with Crippen LogP contribution in [0.3, 0.4) is 0 Å². The number of carboxylic acids is 1. The van der Waals surface area contributed by atoms with Crippen molar-refractivity contribution in [1.82, 2.24) is 24.4 Å². The van der Waals surface area contributed by atoms with Crippen LogP contribution in [-0.4, -0.2) is 48.5 Å². The normalized spacial score (nSPS) is 16.0. The van der Waals surface area contributed by atoms with Crippen LogP contribution in [-0.2, 0) is 6.18 Å². The van der Waals surface area contributed by atoms with Gasteiger partial charge in [0.1, 0.15) is 0 Å². The van der Waals surface area contributed by atoms with Crippen LogP contribution in [0.4, 0.5) is 18.3 Å². The molecule has 3 rings (SSSR count). The van der Waals surface area contributed by atoms with Crippen LogP contribution in [0.1, 0.15) is 22.4 Å². The predicted octanol–water partition coefficient (Wildman–Crippen LogP) is 0.908. The third-order valence-electron chi connectivity index (χ3n) is 2.91. The van der Waals surface area contributed by atoms with Crippen LogP contribution < -0.4 is 4.90 Å². The molecule has 1 fully saturated rings. The van der Waals surface area contributed by atoms with E-state index >= 15 is 0 Å². The Kier molecular flexibility index (Phi) is 3.04. The van der Waals surface area contributed by atoms with Crippen LogP contribution in [0, 0.1) is 0 Å². The van der Waals surface area contributed by atoms with Crippen molar-refractivity contribution in [3.8, 4) is 0 Å². The molecule has 21 heavy (non-hydrogen) atoms. The number of nitrogens with zero attached hydrogens (tertiary/aromatic N) is 6. The highest BCUT2D eigenvalue weighted by molar-refractivity contribution is 7.09. The Bertz CT molecular complexity index is 677. The van der Waals surface area contributed by atoms with Gasteiger partial charge in [-0.1, -0.05) is 5.21 Å². The number of anilines is 1. The van der Waals surface area contributed by atoms with Crippen LogP contribution in [0.5, 0.6) is 0 Å². The molecule has 3 heterocycles. The quantitative estimate of drug-likeness (QED) is 0.897. The highest BCUT2D eigenvalue weighted by Crippen LogP contribution is 2.33. The Morgan fingerprint density at radius 1 is 1.43 bits per heavy atom. The third-order valence-corrected chi connectivity index (χ3v) is 3.68. The molecular formula is C9H7F3N6O2S. The number of aromatic nitrogens is 5. The molecule has 112 valence electrons. The van der Waals surface area contributed by atoms with Gasteiger partial charge in [0.15, 0.2) is 5.69 Å². The van der Waals surface area contributed by atoms with Gasteiger partial charge in [-0.3, -0.25) is 0 Å². The summed E-state index contributed by atoms with van der Waals surface area (Å²) >= 11 is 0.673. The molecule has 0 amide bonds. The Labute approximate surface area is 119 Å². The van der Waals surface area contributed by atoms with Gasteiger partial charge >= 0.3 is 12.1 Å². The lowest BCUT2D eigenvalue weighted by Crippen LogP contribution is -2.48. The van der Waals surface area contributed by atoms with Crippen molar-refractivity contribution < 1.29 is 23.1 Å². The Morgan fingerprint density at radius 2 is 2.14 bits per heavy atom. The molecule has 0 bridgehead atoms. The first-order valence-corrected chi connectivity index (χ1v) is 6.43. The van der Waals surface area contributed by atoms with Crippen molar-refractivity contribution in [2.45, 2.75) is 12.2 Å². The van der Waals surface area contributed by atoms with Gasteiger partial charge in [0.25, 0.3) is 0 Å². The molecule has 1 aliphatic rings. The van der Waals surface area contributed by atoms with E-state index in [1.165, 1.54) is 10.9 Å². The molecule has 0 aromatic carbocycles. The van der Waals surface area contributed by atoms with Gasteiger partial charge in [-0.05, 0) is 0 Å². The van der Waals surface area contributed by atoms with E-state index < -0.39 is 18.0 Å². The number of carbonyl (C=O) groups is 1. The summed E-state index contributed by atoms with van der Waals surface area (Å²) in [4.78, 5) is 15.7. The summed E-state index contributed by atoms with van der Waals surface area (Å²) in [5, 5.41) is 16.1. The molecule has 1 N–H and O–H groups in total. The maximum Gasteiger partial charge on any atom is 0.452 e. The van der Waals surface area contributed by atoms with Crippen molar-refractivity contribution in [3.05, 3.63) is 17.7 Å². The topological polar surface area (TPSA) is 97.0 Å². The lowest BCUT2D eigenvalue weighted by molar-refractivity contribution is -0.144. The minimum atomic E-state index is -4.55. The second kappa shape index (κ2) is 4.65. The molecular weight excluding hydrogens is 313 g/mol. The number of hydrogen-bond donors (Lipinski definition) is 1. The van der Waals surface area contributed by atoms with Gasteiger partial charge in [-0.2, -0.15) is 22.5 Å². The molecule has 1 aliphatic heterocycles. The third kappa shape index (κ3) is 2.53. The number of carboxylic acid groups (broad SMARTS) is 1. The van der Waals surface area contributed by atoms with Crippen molar-refractivity contribution in [3.63, 3.8) is 0 Å². The average molecular weight is 320 g/mol. The summed E-state index contributed by atoms with van der Waals surface area (Å²) in [5.74, 6) is -2.34. The Morgan fingerprint density at radius 3 is 2.67 bits per heavy atom. The van der Waals surface area contributed by atoms with E-state index in [2.05, 4.69) is 19.7 Å². The molecule has 8 nitrogen and oxygen atoms in total. The van der Waals surface area contributed by atoms with Gasteiger partial charge in [0.2, 0.25) is 11.0 Å². The largest absolute Gasteiger partial charge is 0.476 e. The second-order valence-corrected chi connectivity index (χ2v) is 5.08. The monoisotopic (exact) mass is 320 g/mol. The van der Waals surface area contributed by atoms with Crippen molar-refractivity contribution in [1.29, 1.82) is 0 Å². The van der Waals surface area contributed by atoms with Gasteiger partial charge in [0, 0.05) is 24.6 Å². The highest BCUT2D eigenvalue weighted by atomic mass is 32.1. The maximum atomic E-state index is 12.4. The van der Waals surface area contributed by atoms with Gasteiger partial charge in [-0.25, -0.2) is 9.48 Å².